The highest BCUT2D eigenvalue weighted by molar-refractivity contribution is 5.88. The standard InChI is InChI=1S/C10H13N5O/c1-7(4-10(16)15(2)3)14-6-9(13)8(12)5-11/h4,12H,13H2,1-3H3/p+1. The molecule has 0 atom stereocenters. The summed E-state index contributed by atoms with van der Waals surface area (Å²) >= 11 is 0. The van der Waals surface area contributed by atoms with Crippen LogP contribution in [-0.2, 0) is 4.79 Å². The van der Waals surface area contributed by atoms with Crippen LogP contribution in [0.2, 0.25) is 0 Å². The van der Waals surface area contributed by atoms with Crippen molar-refractivity contribution in [3.63, 3.8) is 0 Å². The largest absolute Gasteiger partial charge is 0.388 e. The molecule has 6 heteroatoms. The Morgan fingerprint density at radius 2 is 1.94 bits per heavy atom. The molecule has 1 amide bonds. The van der Waals surface area contributed by atoms with Gasteiger partial charge in [-0.05, 0) is 4.85 Å². The summed E-state index contributed by atoms with van der Waals surface area (Å²) in [6.07, 6.45) is 1.32. The minimum atomic E-state index is -0.196. The van der Waals surface area contributed by atoms with Gasteiger partial charge in [-0.3, -0.25) is 4.79 Å². The van der Waals surface area contributed by atoms with Gasteiger partial charge in [0.25, 0.3) is 5.91 Å². The quantitative estimate of drug-likeness (QED) is 0.478. The molecule has 0 saturated heterocycles. The molecule has 16 heavy (non-hydrogen) atoms. The van der Waals surface area contributed by atoms with Gasteiger partial charge in [0.15, 0.2) is 5.70 Å². The summed E-state index contributed by atoms with van der Waals surface area (Å²) in [5.74, 6) is -0.196. The average molecular weight is 220 g/mol. The third-order valence-corrected chi connectivity index (χ3v) is 1.54. The zero-order valence-electron chi connectivity index (χ0n) is 9.48. The maximum absolute atomic E-state index is 11.2. The van der Waals surface area contributed by atoms with Crippen LogP contribution in [0.25, 0.3) is 4.85 Å². The number of nitrogens with zero attached hydrogens (tertiary/aromatic N) is 3. The van der Waals surface area contributed by atoms with E-state index in [0.29, 0.717) is 5.70 Å². The minimum Gasteiger partial charge on any atom is -0.388 e. The van der Waals surface area contributed by atoms with Crippen molar-refractivity contribution in [2.24, 2.45) is 11.5 Å². The van der Waals surface area contributed by atoms with Gasteiger partial charge in [-0.1, -0.05) is 0 Å². The summed E-state index contributed by atoms with van der Waals surface area (Å²) in [4.78, 5) is 16.4. The summed E-state index contributed by atoms with van der Waals surface area (Å²) in [7, 11) is 3.25. The predicted molar refractivity (Wildman–Crippen MR) is 60.7 cm³/mol. The van der Waals surface area contributed by atoms with Crippen molar-refractivity contribution >= 4 is 5.91 Å². The molecule has 0 saturated carbocycles. The second kappa shape index (κ2) is 6.10. The number of carbonyl (C=O) groups is 1. The summed E-state index contributed by atoms with van der Waals surface area (Å²) in [6, 6.07) is 4.04. The number of hydrogen-bond acceptors (Lipinski definition) is 4. The maximum Gasteiger partial charge on any atom is 0.340 e. The fraction of sp³-hybridized carbons (Fsp3) is 0.300. The first-order valence-electron chi connectivity index (χ1n) is 4.40. The highest BCUT2D eigenvalue weighted by Crippen LogP contribution is 1.97. The maximum atomic E-state index is 11.2. The third-order valence-electron chi connectivity index (χ3n) is 1.54. The van der Waals surface area contributed by atoms with Crippen LogP contribution in [0.15, 0.2) is 23.2 Å². The monoisotopic (exact) mass is 220 g/mol. The number of allylic oxidation sites excluding steroid dienone is 3. The fourth-order valence-electron chi connectivity index (χ4n) is 0.609. The van der Waals surface area contributed by atoms with Crippen molar-refractivity contribution < 1.29 is 4.79 Å². The molecule has 0 heterocycles. The number of nitrogens with two attached hydrogens (primary N) is 2. The Morgan fingerprint density at radius 3 is 2.38 bits per heavy atom. The van der Waals surface area contributed by atoms with E-state index in [1.165, 1.54) is 11.0 Å². The number of carbonyl (C=O) groups excluding carboxylic acids is 1. The summed E-state index contributed by atoms with van der Waals surface area (Å²) < 4.78 is 0. The average Bonchev–Trinajstić information content (AvgIpc) is 2.24. The van der Waals surface area contributed by atoms with Crippen LogP contribution in [0, 0.1) is 17.4 Å². The van der Waals surface area contributed by atoms with Crippen molar-refractivity contribution in [2.45, 2.75) is 6.92 Å². The molecule has 0 radical (unpaired) electrons. The lowest BCUT2D eigenvalue weighted by Crippen LogP contribution is -2.19. The van der Waals surface area contributed by atoms with Crippen LogP contribution >= 0.6 is 0 Å². The van der Waals surface area contributed by atoms with Gasteiger partial charge < -0.3 is 16.4 Å². The molecule has 0 unspecified atom stereocenters. The van der Waals surface area contributed by atoms with E-state index in [9.17, 15) is 4.79 Å². The van der Waals surface area contributed by atoms with Gasteiger partial charge in [-0.15, -0.1) is 0 Å². The van der Waals surface area contributed by atoms with Gasteiger partial charge in [0.05, 0.1) is 6.08 Å². The molecular weight excluding hydrogens is 206 g/mol. The van der Waals surface area contributed by atoms with E-state index in [-0.39, 0.29) is 17.3 Å². The SMILES string of the molecule is CC(=CC(=O)N(C)C)[N+]#C/C(N)=C(/N)C#N. The van der Waals surface area contributed by atoms with Gasteiger partial charge in [-0.2, -0.15) is 5.26 Å². The first-order chi connectivity index (χ1) is 7.38. The zero-order chi connectivity index (χ0) is 12.7. The second-order valence-electron chi connectivity index (χ2n) is 3.18. The molecule has 4 N–H and O–H groups in total. The van der Waals surface area contributed by atoms with Gasteiger partial charge >= 0.3 is 11.8 Å². The van der Waals surface area contributed by atoms with E-state index in [1.54, 1.807) is 27.1 Å². The van der Waals surface area contributed by atoms with Gasteiger partial charge in [0.2, 0.25) is 0 Å². The second-order valence-corrected chi connectivity index (χ2v) is 3.18. The van der Waals surface area contributed by atoms with Gasteiger partial charge in [0.1, 0.15) is 11.8 Å². The summed E-state index contributed by atoms with van der Waals surface area (Å²) in [5.41, 5.74) is 10.8. The Morgan fingerprint density at radius 1 is 1.38 bits per heavy atom. The van der Waals surface area contributed by atoms with Crippen molar-refractivity contribution in [1.82, 2.24) is 4.90 Å². The normalized spacial score (nSPS) is 11.8. The molecule has 0 aromatic carbocycles. The first-order valence-corrected chi connectivity index (χ1v) is 4.40. The Kier molecular flexibility index (Phi) is 5.16. The smallest absolute Gasteiger partial charge is 0.340 e. The molecule has 0 spiro atoms. The van der Waals surface area contributed by atoms with Crippen LogP contribution < -0.4 is 11.5 Å². The molecule has 0 bridgehead atoms. The number of amides is 1. The van der Waals surface area contributed by atoms with Crippen LogP contribution in [-0.4, -0.2) is 24.9 Å². The Balaban J connectivity index is 4.85. The molecule has 0 aromatic heterocycles. The minimum absolute atomic E-state index is 0.0486. The first kappa shape index (κ1) is 13.5. The molecule has 0 fully saturated rings. The van der Waals surface area contributed by atoms with Gasteiger partial charge in [0, 0.05) is 21.0 Å². The molecule has 0 rings (SSSR count). The predicted octanol–water partition coefficient (Wildman–Crippen LogP) is -0.0361. The van der Waals surface area contributed by atoms with Crippen LogP contribution in [0.5, 0.6) is 0 Å². The van der Waals surface area contributed by atoms with E-state index in [2.05, 4.69) is 10.9 Å². The van der Waals surface area contributed by atoms with E-state index >= 15 is 0 Å². The Bertz CT molecular complexity index is 442. The molecular formula is C10H14N5O+. The van der Waals surface area contributed by atoms with Crippen molar-refractivity contribution in [3.05, 3.63) is 28.0 Å². The third kappa shape index (κ3) is 4.68. The van der Waals surface area contributed by atoms with E-state index in [0.717, 1.165) is 0 Å². The molecule has 84 valence electrons. The lowest BCUT2D eigenvalue weighted by atomic mass is 10.4. The van der Waals surface area contributed by atoms with Crippen LogP contribution in [0.1, 0.15) is 6.92 Å². The lowest BCUT2D eigenvalue weighted by Gasteiger charge is -2.03. The summed E-state index contributed by atoms with van der Waals surface area (Å²) in [6.45, 7) is 1.62. The van der Waals surface area contributed by atoms with Crippen molar-refractivity contribution in [2.75, 3.05) is 14.1 Å². The van der Waals surface area contributed by atoms with Crippen LogP contribution in [0.3, 0.4) is 0 Å². The molecule has 0 aliphatic rings. The van der Waals surface area contributed by atoms with Crippen LogP contribution in [0.4, 0.5) is 0 Å². The van der Waals surface area contributed by atoms with Crippen molar-refractivity contribution in [1.29, 1.82) is 5.26 Å². The van der Waals surface area contributed by atoms with E-state index in [1.807, 2.05) is 0 Å². The summed E-state index contributed by atoms with van der Waals surface area (Å²) in [5, 5.41) is 8.42. The molecule has 6 nitrogen and oxygen atoms in total. The van der Waals surface area contributed by atoms with Gasteiger partial charge in [-0.25, -0.2) is 0 Å². The molecule has 0 aliphatic heterocycles. The van der Waals surface area contributed by atoms with Crippen molar-refractivity contribution in [3.8, 4) is 12.1 Å². The lowest BCUT2D eigenvalue weighted by molar-refractivity contribution is -0.123. The number of nitriles is 1. The topological polar surface area (TPSA) is 100 Å². The Hall–Kier alpha value is -2.47. The number of rotatable bonds is 1. The molecule has 0 aromatic rings. The number of hydrogen-bond donors (Lipinski definition) is 2. The Labute approximate surface area is 94.2 Å². The highest BCUT2D eigenvalue weighted by atomic mass is 16.2. The fourth-order valence-corrected chi connectivity index (χ4v) is 0.609. The number of likely N-dealkylation sites (N-methyl/N-ethyl adjacent to an activating group) is 1. The van der Waals surface area contributed by atoms with E-state index < -0.39 is 0 Å². The highest BCUT2D eigenvalue weighted by Gasteiger charge is 2.07. The zero-order valence-corrected chi connectivity index (χ0v) is 9.48. The van der Waals surface area contributed by atoms with E-state index in [4.69, 9.17) is 16.7 Å². The molecule has 0 aliphatic carbocycles.